The summed E-state index contributed by atoms with van der Waals surface area (Å²) in [6.45, 7) is 5.05. The molecule has 1 aromatic carbocycles. The monoisotopic (exact) mass is 398 g/mol. The van der Waals surface area contributed by atoms with Crippen LogP contribution >= 0.6 is 22.6 Å². The van der Waals surface area contributed by atoms with Crippen LogP contribution in [0.4, 0.5) is 10.1 Å². The van der Waals surface area contributed by atoms with Crippen LogP contribution in [0.1, 0.15) is 24.1 Å². The van der Waals surface area contributed by atoms with Gasteiger partial charge in [-0.15, -0.1) is 0 Å². The molecule has 1 unspecified atom stereocenters. The maximum absolute atomic E-state index is 14.6. The molecular weight excluding hydrogens is 382 g/mol. The van der Waals surface area contributed by atoms with Crippen molar-refractivity contribution < 1.29 is 9.13 Å². The normalized spacial score (nSPS) is 16.5. The first kappa shape index (κ1) is 14.6. The van der Waals surface area contributed by atoms with Crippen LogP contribution < -0.4 is 10.1 Å². The maximum atomic E-state index is 14.6. The summed E-state index contributed by atoms with van der Waals surface area (Å²) in [7, 11) is 1.48. The Balaban J connectivity index is 2.17. The van der Waals surface area contributed by atoms with Gasteiger partial charge in [0.15, 0.2) is 11.6 Å². The Morgan fingerprint density at radius 3 is 2.90 bits per heavy atom. The number of aromatic nitrogens is 1. The van der Waals surface area contributed by atoms with Gasteiger partial charge in [-0.1, -0.05) is 6.92 Å². The zero-order valence-electron chi connectivity index (χ0n) is 12.1. The second-order valence-corrected chi connectivity index (χ2v) is 6.44. The van der Waals surface area contributed by atoms with E-state index in [2.05, 4.69) is 39.8 Å². The minimum atomic E-state index is -0.359. The van der Waals surface area contributed by atoms with Gasteiger partial charge in [-0.3, -0.25) is 4.98 Å². The van der Waals surface area contributed by atoms with Crippen molar-refractivity contribution in [1.82, 2.24) is 4.98 Å². The van der Waals surface area contributed by atoms with Gasteiger partial charge in [0, 0.05) is 35.0 Å². The number of rotatable bonds is 2. The van der Waals surface area contributed by atoms with Gasteiger partial charge in [0.25, 0.3) is 0 Å². The SMILES string of the molecule is COc1c(I)ccc(-c2cc3c(c(C)n2)C(C)CN3)c1F. The summed E-state index contributed by atoms with van der Waals surface area (Å²) < 4.78 is 20.5. The topological polar surface area (TPSA) is 34.1 Å². The number of nitrogens with zero attached hydrogens (tertiary/aromatic N) is 1. The lowest BCUT2D eigenvalue weighted by atomic mass is 10.00. The number of fused-ring (bicyclic) bond motifs is 1. The number of hydrogen-bond acceptors (Lipinski definition) is 3. The number of nitrogens with one attached hydrogen (secondary N) is 1. The molecule has 0 amide bonds. The summed E-state index contributed by atoms with van der Waals surface area (Å²) in [5.41, 5.74) is 4.36. The number of aryl methyl sites for hydroxylation is 1. The van der Waals surface area contributed by atoms with Gasteiger partial charge in [-0.2, -0.15) is 0 Å². The lowest BCUT2D eigenvalue weighted by Gasteiger charge is -2.12. The molecule has 1 aliphatic rings. The summed E-state index contributed by atoms with van der Waals surface area (Å²) in [5, 5.41) is 3.37. The van der Waals surface area contributed by atoms with Crippen LogP contribution in [0.25, 0.3) is 11.3 Å². The summed E-state index contributed by atoms with van der Waals surface area (Å²) in [6.07, 6.45) is 0. The fourth-order valence-electron chi connectivity index (χ4n) is 2.87. The highest BCUT2D eigenvalue weighted by Gasteiger charge is 2.23. The van der Waals surface area contributed by atoms with Gasteiger partial charge in [0.1, 0.15) is 0 Å². The molecule has 21 heavy (non-hydrogen) atoms. The molecule has 0 radical (unpaired) electrons. The van der Waals surface area contributed by atoms with Gasteiger partial charge >= 0.3 is 0 Å². The van der Waals surface area contributed by atoms with Crippen LogP contribution in [0.3, 0.4) is 0 Å². The summed E-state index contributed by atoms with van der Waals surface area (Å²) in [4.78, 5) is 4.59. The highest BCUT2D eigenvalue weighted by atomic mass is 127. The molecule has 2 heterocycles. The van der Waals surface area contributed by atoms with Gasteiger partial charge < -0.3 is 10.1 Å². The van der Waals surface area contributed by atoms with Crippen LogP contribution in [-0.4, -0.2) is 18.6 Å². The lowest BCUT2D eigenvalue weighted by Crippen LogP contribution is -1.99. The number of hydrogen-bond donors (Lipinski definition) is 1. The molecule has 2 aromatic rings. The predicted molar refractivity (Wildman–Crippen MR) is 90.5 cm³/mol. The van der Waals surface area contributed by atoms with Crippen molar-refractivity contribution in [3.8, 4) is 17.0 Å². The minimum Gasteiger partial charge on any atom is -0.493 e. The molecule has 0 saturated heterocycles. The molecule has 0 aliphatic carbocycles. The number of pyridine rings is 1. The Morgan fingerprint density at radius 2 is 2.19 bits per heavy atom. The summed E-state index contributed by atoms with van der Waals surface area (Å²) in [5.74, 6) is 0.356. The van der Waals surface area contributed by atoms with E-state index >= 15 is 0 Å². The van der Waals surface area contributed by atoms with Gasteiger partial charge in [-0.25, -0.2) is 4.39 Å². The van der Waals surface area contributed by atoms with Crippen molar-refractivity contribution in [1.29, 1.82) is 0 Å². The molecule has 5 heteroatoms. The van der Waals surface area contributed by atoms with E-state index in [1.807, 2.05) is 19.1 Å². The van der Waals surface area contributed by atoms with Crippen molar-refractivity contribution in [3.05, 3.63) is 38.8 Å². The molecule has 3 rings (SSSR count). The molecule has 3 nitrogen and oxygen atoms in total. The van der Waals surface area contributed by atoms with Gasteiger partial charge in [0.2, 0.25) is 0 Å². The van der Waals surface area contributed by atoms with Crippen LogP contribution in [0.5, 0.6) is 5.75 Å². The molecule has 1 atom stereocenters. The van der Waals surface area contributed by atoms with E-state index in [0.717, 1.165) is 21.5 Å². The fraction of sp³-hybridized carbons (Fsp3) is 0.312. The molecule has 0 spiro atoms. The Kier molecular flexibility index (Phi) is 3.77. The Hall–Kier alpha value is -1.37. The third-order valence-corrected chi connectivity index (χ3v) is 4.72. The highest BCUT2D eigenvalue weighted by molar-refractivity contribution is 14.1. The van der Waals surface area contributed by atoms with Crippen molar-refractivity contribution >= 4 is 28.3 Å². The molecule has 1 aliphatic heterocycles. The molecule has 1 N–H and O–H groups in total. The van der Waals surface area contributed by atoms with E-state index in [-0.39, 0.29) is 11.6 Å². The molecule has 1 aromatic heterocycles. The molecule has 110 valence electrons. The van der Waals surface area contributed by atoms with Crippen LogP contribution in [0.15, 0.2) is 18.2 Å². The summed E-state index contributed by atoms with van der Waals surface area (Å²) >= 11 is 2.06. The van der Waals surface area contributed by atoms with Crippen molar-refractivity contribution in [2.45, 2.75) is 19.8 Å². The molecule has 0 saturated carbocycles. The van der Waals surface area contributed by atoms with E-state index in [1.165, 1.54) is 12.7 Å². The third-order valence-electron chi connectivity index (χ3n) is 3.87. The average molecular weight is 398 g/mol. The quantitative estimate of drug-likeness (QED) is 0.765. The maximum Gasteiger partial charge on any atom is 0.175 e. The Labute approximate surface area is 137 Å². The van der Waals surface area contributed by atoms with E-state index in [0.29, 0.717) is 17.2 Å². The minimum absolute atomic E-state index is 0.273. The second kappa shape index (κ2) is 5.44. The first-order chi connectivity index (χ1) is 10.0. The predicted octanol–water partition coefficient (Wildman–Crippen LogP) is 4.34. The Morgan fingerprint density at radius 1 is 1.43 bits per heavy atom. The first-order valence-corrected chi connectivity index (χ1v) is 7.88. The zero-order valence-corrected chi connectivity index (χ0v) is 14.3. The number of benzene rings is 1. The van der Waals surface area contributed by atoms with E-state index in [1.54, 1.807) is 6.07 Å². The van der Waals surface area contributed by atoms with Gasteiger partial charge in [-0.05, 0) is 47.7 Å². The fourth-order valence-corrected chi connectivity index (χ4v) is 3.51. The van der Waals surface area contributed by atoms with Crippen molar-refractivity contribution in [3.63, 3.8) is 0 Å². The van der Waals surface area contributed by atoms with Gasteiger partial charge in [0.05, 0.1) is 16.4 Å². The number of methoxy groups -OCH3 is 1. The Bertz CT molecular complexity index is 718. The first-order valence-electron chi connectivity index (χ1n) is 6.80. The van der Waals surface area contributed by atoms with Crippen LogP contribution in [0.2, 0.25) is 0 Å². The smallest absolute Gasteiger partial charge is 0.175 e. The van der Waals surface area contributed by atoms with Crippen LogP contribution in [-0.2, 0) is 0 Å². The van der Waals surface area contributed by atoms with E-state index < -0.39 is 0 Å². The largest absolute Gasteiger partial charge is 0.493 e. The summed E-state index contributed by atoms with van der Waals surface area (Å²) in [6, 6.07) is 5.53. The van der Waals surface area contributed by atoms with Crippen molar-refractivity contribution in [2.24, 2.45) is 0 Å². The third kappa shape index (κ3) is 2.37. The molecular formula is C16H16FIN2O. The van der Waals surface area contributed by atoms with E-state index in [9.17, 15) is 4.39 Å². The number of halogens is 2. The molecule has 0 fully saturated rings. The van der Waals surface area contributed by atoms with E-state index in [4.69, 9.17) is 4.74 Å². The molecule has 0 bridgehead atoms. The average Bonchev–Trinajstić information content (AvgIpc) is 2.81. The highest BCUT2D eigenvalue weighted by Crippen LogP contribution is 2.38. The van der Waals surface area contributed by atoms with Crippen molar-refractivity contribution in [2.75, 3.05) is 19.0 Å². The number of ether oxygens (including phenoxy) is 1. The standard InChI is InChI=1S/C16H16FIN2O/c1-8-7-19-13-6-12(20-9(2)14(8)13)10-4-5-11(18)16(21-3)15(10)17/h4-6,8,19H,7H2,1-3H3. The number of anilines is 1. The van der Waals surface area contributed by atoms with Crippen LogP contribution in [0, 0.1) is 16.3 Å². The lowest BCUT2D eigenvalue weighted by molar-refractivity contribution is 0.384. The second-order valence-electron chi connectivity index (χ2n) is 5.28. The zero-order chi connectivity index (χ0) is 15.1.